The maximum atomic E-state index is 11.7. The maximum absolute atomic E-state index is 11.7. The molecule has 24 heavy (non-hydrogen) atoms. The van der Waals surface area contributed by atoms with Crippen molar-refractivity contribution in [3.8, 4) is 11.5 Å². The fourth-order valence-corrected chi connectivity index (χ4v) is 2.84. The molecule has 0 spiro atoms. The second-order valence-electron chi connectivity index (χ2n) is 4.96. The molecule has 122 valence electrons. The van der Waals surface area contributed by atoms with Gasteiger partial charge in [0.05, 0.1) is 4.34 Å². The average molecular weight is 361 g/mol. The molecule has 2 aromatic heterocycles. The predicted molar refractivity (Wildman–Crippen MR) is 92.6 cm³/mol. The molecule has 3 rings (SSSR count). The highest BCUT2D eigenvalue weighted by Crippen LogP contribution is 2.22. The second kappa shape index (κ2) is 7.42. The molecular weight excluding hydrogens is 348 g/mol. The number of hydrogen-bond acceptors (Lipinski definition) is 6. The van der Waals surface area contributed by atoms with Crippen LogP contribution >= 0.6 is 22.9 Å². The van der Waals surface area contributed by atoms with Crippen molar-refractivity contribution in [1.29, 1.82) is 0 Å². The van der Waals surface area contributed by atoms with Gasteiger partial charge in [-0.25, -0.2) is 4.79 Å². The Morgan fingerprint density at radius 2 is 2.08 bits per heavy atom. The van der Waals surface area contributed by atoms with E-state index in [4.69, 9.17) is 20.9 Å². The van der Waals surface area contributed by atoms with Crippen LogP contribution in [-0.4, -0.2) is 16.1 Å². The van der Waals surface area contributed by atoms with Gasteiger partial charge in [0, 0.05) is 16.5 Å². The van der Waals surface area contributed by atoms with Crippen LogP contribution in [0.4, 0.5) is 0 Å². The van der Waals surface area contributed by atoms with Crippen molar-refractivity contribution in [3.63, 3.8) is 0 Å². The van der Waals surface area contributed by atoms with Gasteiger partial charge >= 0.3 is 5.97 Å². The molecule has 0 bridgehead atoms. The first-order chi connectivity index (χ1) is 11.6. The van der Waals surface area contributed by atoms with Gasteiger partial charge in [0.1, 0.15) is 0 Å². The number of nitrogens with zero attached hydrogens (tertiary/aromatic N) is 2. The molecule has 0 atom stereocenters. The van der Waals surface area contributed by atoms with Gasteiger partial charge in [-0.1, -0.05) is 34.5 Å². The van der Waals surface area contributed by atoms with E-state index in [9.17, 15) is 4.79 Å². The highest BCUT2D eigenvalue weighted by Gasteiger charge is 2.10. The third kappa shape index (κ3) is 4.31. The zero-order valence-corrected chi connectivity index (χ0v) is 14.3. The van der Waals surface area contributed by atoms with Crippen LogP contribution < -0.4 is 0 Å². The van der Waals surface area contributed by atoms with Gasteiger partial charge in [0.25, 0.3) is 5.89 Å². The summed E-state index contributed by atoms with van der Waals surface area (Å²) in [5.74, 6) is 0.220. The van der Waals surface area contributed by atoms with Crippen LogP contribution in [0.3, 0.4) is 0 Å². The van der Waals surface area contributed by atoms with Crippen molar-refractivity contribution in [2.45, 2.75) is 13.5 Å². The first kappa shape index (κ1) is 16.4. The molecule has 0 amide bonds. The molecule has 0 saturated heterocycles. The topological polar surface area (TPSA) is 65.2 Å². The van der Waals surface area contributed by atoms with Crippen molar-refractivity contribution >= 4 is 35.0 Å². The van der Waals surface area contributed by atoms with Gasteiger partial charge in [0.2, 0.25) is 5.82 Å². The number of esters is 1. The number of thiophene rings is 1. The number of rotatable bonds is 5. The summed E-state index contributed by atoms with van der Waals surface area (Å²) in [4.78, 5) is 16.8. The predicted octanol–water partition coefficient (Wildman–Crippen LogP) is 4.52. The van der Waals surface area contributed by atoms with E-state index < -0.39 is 5.97 Å². The molecule has 0 aliphatic heterocycles. The van der Waals surface area contributed by atoms with Gasteiger partial charge in [-0.2, -0.15) is 4.98 Å². The van der Waals surface area contributed by atoms with Crippen LogP contribution in [0, 0.1) is 6.92 Å². The van der Waals surface area contributed by atoms with E-state index in [1.807, 2.05) is 37.3 Å². The van der Waals surface area contributed by atoms with Gasteiger partial charge < -0.3 is 9.26 Å². The number of halogens is 1. The molecule has 7 heteroatoms. The molecule has 2 heterocycles. The summed E-state index contributed by atoms with van der Waals surface area (Å²) in [6, 6.07) is 11.3. The Morgan fingerprint density at radius 3 is 2.79 bits per heavy atom. The maximum Gasteiger partial charge on any atom is 0.331 e. The Morgan fingerprint density at radius 1 is 1.29 bits per heavy atom. The number of benzene rings is 1. The summed E-state index contributed by atoms with van der Waals surface area (Å²) < 4.78 is 10.9. The minimum absolute atomic E-state index is 0.0519. The van der Waals surface area contributed by atoms with Crippen LogP contribution in [0.1, 0.15) is 16.3 Å². The van der Waals surface area contributed by atoms with Gasteiger partial charge in [-0.05, 0) is 37.3 Å². The van der Waals surface area contributed by atoms with E-state index in [1.54, 1.807) is 12.1 Å². The lowest BCUT2D eigenvalue weighted by molar-refractivity contribution is -0.139. The molecular formula is C17H13ClN2O3S. The van der Waals surface area contributed by atoms with Crippen molar-refractivity contribution in [1.82, 2.24) is 10.1 Å². The lowest BCUT2D eigenvalue weighted by Crippen LogP contribution is -2.01. The molecule has 0 fully saturated rings. The largest absolute Gasteiger partial charge is 0.454 e. The first-order valence-corrected chi connectivity index (χ1v) is 8.29. The SMILES string of the molecule is Cc1ccc(-c2nc(COC(=O)C=Cc3ccc(Cl)s3)no2)cc1. The molecule has 0 radical (unpaired) electrons. The fraction of sp³-hybridized carbons (Fsp3) is 0.118. The van der Waals surface area contributed by atoms with Crippen molar-refractivity contribution in [3.05, 3.63) is 63.1 Å². The number of carbonyl (C=O) groups excluding carboxylic acids is 1. The Labute approximate surface area is 147 Å². The first-order valence-electron chi connectivity index (χ1n) is 7.10. The Bertz CT molecular complexity index is 868. The van der Waals surface area contributed by atoms with E-state index in [-0.39, 0.29) is 6.61 Å². The van der Waals surface area contributed by atoms with Crippen LogP contribution in [0.5, 0.6) is 0 Å². The van der Waals surface area contributed by atoms with Gasteiger partial charge in [-0.3, -0.25) is 0 Å². The number of carbonyl (C=O) groups is 1. The van der Waals surface area contributed by atoms with Gasteiger partial charge in [-0.15, -0.1) is 11.3 Å². The molecule has 0 saturated carbocycles. The molecule has 3 aromatic rings. The van der Waals surface area contributed by atoms with E-state index >= 15 is 0 Å². The zero-order valence-electron chi connectivity index (χ0n) is 12.7. The molecule has 0 aliphatic carbocycles. The van der Waals surface area contributed by atoms with E-state index in [0.29, 0.717) is 16.1 Å². The molecule has 5 nitrogen and oxygen atoms in total. The smallest absolute Gasteiger partial charge is 0.331 e. The summed E-state index contributed by atoms with van der Waals surface area (Å²) in [6.45, 7) is 1.95. The van der Waals surface area contributed by atoms with Gasteiger partial charge in [0.15, 0.2) is 6.61 Å². The molecule has 1 aromatic carbocycles. The summed E-state index contributed by atoms with van der Waals surface area (Å²) in [5.41, 5.74) is 1.96. The van der Waals surface area contributed by atoms with Crippen molar-refractivity contribution in [2.75, 3.05) is 0 Å². The van der Waals surface area contributed by atoms with Crippen molar-refractivity contribution < 1.29 is 14.1 Å². The van der Waals surface area contributed by atoms with Crippen LogP contribution in [0.2, 0.25) is 4.34 Å². The highest BCUT2D eigenvalue weighted by molar-refractivity contribution is 7.17. The van der Waals surface area contributed by atoms with Crippen molar-refractivity contribution in [2.24, 2.45) is 0 Å². The number of hydrogen-bond donors (Lipinski definition) is 0. The van der Waals surface area contributed by atoms with E-state index in [1.165, 1.54) is 17.4 Å². The second-order valence-corrected chi connectivity index (χ2v) is 6.71. The quantitative estimate of drug-likeness (QED) is 0.494. The Kier molecular flexibility index (Phi) is 5.08. The number of aromatic nitrogens is 2. The molecule has 0 aliphatic rings. The summed E-state index contributed by atoms with van der Waals surface area (Å²) in [7, 11) is 0. The Balaban J connectivity index is 1.56. The monoisotopic (exact) mass is 360 g/mol. The standard InChI is InChI=1S/C17H13ClN2O3S/c1-11-2-4-12(5-3-11)17-19-15(20-23-17)10-22-16(21)9-7-13-6-8-14(18)24-13/h2-9H,10H2,1H3. The normalized spacial score (nSPS) is 11.1. The third-order valence-corrected chi connectivity index (χ3v) is 4.28. The highest BCUT2D eigenvalue weighted by atomic mass is 35.5. The lowest BCUT2D eigenvalue weighted by atomic mass is 10.1. The summed E-state index contributed by atoms with van der Waals surface area (Å²) in [6.07, 6.45) is 2.98. The zero-order chi connectivity index (χ0) is 16.9. The molecule has 0 unspecified atom stereocenters. The fourth-order valence-electron chi connectivity index (χ4n) is 1.88. The van der Waals surface area contributed by atoms with Crippen LogP contribution in [0.25, 0.3) is 17.5 Å². The van der Waals surface area contributed by atoms with Crippen LogP contribution in [-0.2, 0) is 16.1 Å². The third-order valence-electron chi connectivity index (χ3n) is 3.09. The number of ether oxygens (including phenoxy) is 1. The Hall–Kier alpha value is -2.44. The average Bonchev–Trinajstić information content (AvgIpc) is 3.21. The molecule has 0 N–H and O–H groups in total. The summed E-state index contributed by atoms with van der Waals surface area (Å²) >= 11 is 7.20. The van der Waals surface area contributed by atoms with E-state index in [0.717, 1.165) is 16.0 Å². The van der Waals surface area contributed by atoms with Crippen LogP contribution in [0.15, 0.2) is 47.0 Å². The minimum Gasteiger partial charge on any atom is -0.454 e. The lowest BCUT2D eigenvalue weighted by Gasteiger charge is -1.96. The number of aryl methyl sites for hydroxylation is 1. The van der Waals surface area contributed by atoms with E-state index in [2.05, 4.69) is 10.1 Å². The summed E-state index contributed by atoms with van der Waals surface area (Å²) in [5, 5.41) is 3.81. The minimum atomic E-state index is -0.485.